The highest BCUT2D eigenvalue weighted by atomic mass is 16.3. The van der Waals surface area contributed by atoms with Gasteiger partial charge >= 0.3 is 6.71 Å². The summed E-state index contributed by atoms with van der Waals surface area (Å²) in [6.07, 6.45) is 12.3. The maximum atomic E-state index is 8.01. The average molecular weight is 1230 g/mol. The molecule has 93 heavy (non-hydrogen) atoms. The zero-order valence-electron chi connectivity index (χ0n) is 59.5. The summed E-state index contributed by atoms with van der Waals surface area (Å²) in [4.78, 5) is 8.31. The van der Waals surface area contributed by atoms with E-state index in [-0.39, 0.29) is 60.9 Å². The van der Waals surface area contributed by atoms with Crippen molar-refractivity contribution in [1.29, 1.82) is 0 Å². The van der Waals surface area contributed by atoms with Crippen molar-refractivity contribution in [3.05, 3.63) is 182 Å². The molecule has 9 aliphatic rings. The van der Waals surface area contributed by atoms with Crippen LogP contribution in [0.2, 0.25) is 0 Å². The van der Waals surface area contributed by atoms with E-state index in [0.29, 0.717) is 0 Å². The molecule has 6 heterocycles. The lowest BCUT2D eigenvalue weighted by molar-refractivity contribution is 0.208. The lowest BCUT2D eigenvalue weighted by atomic mass is 9.37. The number of furan rings is 2. The molecule has 0 spiro atoms. The Hall–Kier alpha value is -6.92. The summed E-state index contributed by atoms with van der Waals surface area (Å²) in [6, 6.07) is 48.0. The van der Waals surface area contributed by atoms with Gasteiger partial charge in [-0.15, -0.1) is 0 Å². The van der Waals surface area contributed by atoms with E-state index in [1.54, 1.807) is 0 Å². The monoisotopic (exact) mass is 1230 g/mol. The predicted molar refractivity (Wildman–Crippen MR) is 391 cm³/mol. The summed E-state index contributed by atoms with van der Waals surface area (Å²) in [5.74, 6) is 0. The third-order valence-electron chi connectivity index (χ3n) is 27.8. The van der Waals surface area contributed by atoms with E-state index in [1.807, 2.05) is 0 Å². The lowest BCUT2D eigenvalue weighted by Gasteiger charge is -2.52. The van der Waals surface area contributed by atoms with Gasteiger partial charge in [-0.1, -0.05) is 173 Å². The van der Waals surface area contributed by atoms with Crippen molar-refractivity contribution in [1.82, 2.24) is 0 Å². The smallest absolute Gasteiger partial charge is 0.342 e. The molecule has 7 aromatic carbocycles. The minimum absolute atomic E-state index is 0.0154. The van der Waals surface area contributed by atoms with Crippen molar-refractivity contribution in [3.8, 4) is 0 Å². The van der Waals surface area contributed by atoms with E-state index >= 15 is 0 Å². The molecule has 0 fully saturated rings. The molecule has 4 bridgehead atoms. The quantitative estimate of drug-likeness (QED) is 0.161. The van der Waals surface area contributed by atoms with Crippen LogP contribution in [0, 0.1) is 0 Å². The first-order chi connectivity index (χ1) is 43.6. The van der Waals surface area contributed by atoms with Crippen molar-refractivity contribution in [2.24, 2.45) is 0 Å². The first-order valence-electron chi connectivity index (χ1n) is 35.9. The molecule has 2 aromatic heterocycles. The second-order valence-electron chi connectivity index (χ2n) is 37.4. The SMILES string of the molecule is CC(C)(C)c1ccc2c(c1)C1(C)CCc3ccccc3C1(C)N2c1cc2c3c(c1)N1c4ccc5c(c4)C(C)(CCC5(C)C)CC4(C)CCC(C)(C)c5cc6oc(c1c6cc54)B3c1oc3cc4c(cc3c1N2c1ccc2c(c1)C(C)(C)CCC2(C)C)C(C)(C)CCC4(C)C. The van der Waals surface area contributed by atoms with E-state index in [2.05, 4.69) is 262 Å². The maximum absolute atomic E-state index is 8.01. The van der Waals surface area contributed by atoms with Gasteiger partial charge in [0.25, 0.3) is 0 Å². The number of anilines is 8. The third-order valence-corrected chi connectivity index (χ3v) is 27.8. The molecular formula is C87H98BN3O2. The molecular weight excluding hydrogens is 1130 g/mol. The number of hydrogen-bond donors (Lipinski definition) is 0. The van der Waals surface area contributed by atoms with Crippen LogP contribution in [0.5, 0.6) is 0 Å². The number of aryl methyl sites for hydroxylation is 1. The Bertz CT molecular complexity index is 4840. The fourth-order valence-corrected chi connectivity index (χ4v) is 21.4. The highest BCUT2D eigenvalue weighted by molar-refractivity contribution is 6.99. The molecule has 9 aromatic rings. The highest BCUT2D eigenvalue weighted by Crippen LogP contribution is 2.66. The first-order valence-corrected chi connectivity index (χ1v) is 35.9. The molecule has 0 radical (unpaired) electrons. The molecule has 0 N–H and O–H groups in total. The Morgan fingerprint density at radius 1 is 0.387 bits per heavy atom. The zero-order valence-corrected chi connectivity index (χ0v) is 59.5. The van der Waals surface area contributed by atoms with Crippen molar-refractivity contribution in [2.75, 3.05) is 14.7 Å². The summed E-state index contributed by atoms with van der Waals surface area (Å²) in [6.45, 7) is 47.1. The van der Waals surface area contributed by atoms with Crippen LogP contribution in [0.15, 0.2) is 124 Å². The average Bonchev–Trinajstić information content (AvgIpc) is 1.55. The lowest BCUT2D eigenvalue weighted by Crippen LogP contribution is -2.60. The Kier molecular flexibility index (Phi) is 11.2. The molecule has 5 nitrogen and oxygen atoms in total. The fraction of sp³-hybridized carbons (Fsp3) is 0.471. The number of benzene rings is 7. The Morgan fingerprint density at radius 3 is 1.39 bits per heavy atom. The van der Waals surface area contributed by atoms with E-state index in [0.717, 1.165) is 98.1 Å². The van der Waals surface area contributed by atoms with Gasteiger partial charge in [0.15, 0.2) is 0 Å². The van der Waals surface area contributed by atoms with Gasteiger partial charge in [-0.05, 0) is 265 Å². The van der Waals surface area contributed by atoms with Crippen molar-refractivity contribution >= 4 is 90.9 Å². The van der Waals surface area contributed by atoms with Crippen molar-refractivity contribution in [3.63, 3.8) is 0 Å². The Morgan fingerprint density at radius 2 is 0.839 bits per heavy atom. The van der Waals surface area contributed by atoms with E-state index in [4.69, 9.17) is 8.83 Å². The van der Waals surface area contributed by atoms with Gasteiger partial charge in [0.05, 0.1) is 16.9 Å². The van der Waals surface area contributed by atoms with E-state index < -0.39 is 5.54 Å². The van der Waals surface area contributed by atoms with Crippen LogP contribution < -0.4 is 31.5 Å². The number of fused-ring (bicyclic) bond motifs is 15. The minimum Gasteiger partial charge on any atom is -0.468 e. The second-order valence-corrected chi connectivity index (χ2v) is 37.4. The molecule has 0 saturated heterocycles. The number of hydrogen-bond acceptors (Lipinski definition) is 5. The molecule has 6 heteroatoms. The zero-order chi connectivity index (χ0) is 65.0. The molecule has 0 amide bonds. The van der Waals surface area contributed by atoms with E-state index in [9.17, 15) is 0 Å². The van der Waals surface area contributed by atoms with Gasteiger partial charge in [-0.25, -0.2) is 0 Å². The van der Waals surface area contributed by atoms with Gasteiger partial charge in [0.2, 0.25) is 0 Å². The number of rotatable bonds is 2. The first kappa shape index (κ1) is 58.6. The largest absolute Gasteiger partial charge is 0.468 e. The summed E-state index contributed by atoms with van der Waals surface area (Å²) in [5.41, 5.74) is 31.4. The molecule has 4 unspecified atom stereocenters. The highest BCUT2D eigenvalue weighted by Gasteiger charge is 2.62. The van der Waals surface area contributed by atoms with Gasteiger partial charge in [0.1, 0.15) is 22.5 Å². The van der Waals surface area contributed by atoms with Crippen LogP contribution in [0.1, 0.15) is 263 Å². The van der Waals surface area contributed by atoms with Gasteiger partial charge in [0, 0.05) is 50.3 Å². The molecule has 4 aliphatic heterocycles. The summed E-state index contributed by atoms with van der Waals surface area (Å²) in [5, 5.41) is 2.39. The Labute approximate surface area is 555 Å². The van der Waals surface area contributed by atoms with E-state index in [1.165, 1.54) is 124 Å². The fourth-order valence-electron chi connectivity index (χ4n) is 21.4. The molecule has 5 aliphatic carbocycles. The van der Waals surface area contributed by atoms with Crippen LogP contribution >= 0.6 is 0 Å². The maximum Gasteiger partial charge on any atom is 0.342 e. The van der Waals surface area contributed by atoms with Crippen LogP contribution in [-0.2, 0) is 66.1 Å². The van der Waals surface area contributed by atoms with Crippen LogP contribution in [0.3, 0.4) is 0 Å². The molecule has 18 rings (SSSR count). The number of nitrogens with zero attached hydrogens (tertiary/aromatic N) is 3. The molecule has 0 saturated carbocycles. The van der Waals surface area contributed by atoms with Crippen LogP contribution in [-0.4, -0.2) is 6.71 Å². The third kappa shape index (κ3) is 7.49. The second kappa shape index (κ2) is 17.8. The van der Waals surface area contributed by atoms with Crippen molar-refractivity contribution < 1.29 is 8.83 Å². The standard InChI is InChI=1S/C87H98BN3O2/c1-77(2,3)51-24-29-67-66(40-51)86(18)31-30-50-22-20-21-23-57(50)87(86,19)91(67)54-43-68-72-69(44-54)90-53-26-28-59-64(42-53)84(16,38-36-79(59,6)7)49-85(17)39-37-83(14,15)63-48-71-56(46-65(63)85)74(90)76(93-71)88(72)75-73(55-45-61-62(47-70(55)92-75)82(12,13)35-34-81(61,10)11)89(68)52-25-27-58-60(41-52)80(8,9)33-32-78(58,4)5/h20-29,40-48H,30-39,49H2,1-19H3. The summed E-state index contributed by atoms with van der Waals surface area (Å²) in [7, 11) is 0. The topological polar surface area (TPSA) is 36.0 Å². The van der Waals surface area contributed by atoms with Crippen LogP contribution in [0.4, 0.5) is 45.5 Å². The van der Waals surface area contributed by atoms with Gasteiger partial charge < -0.3 is 23.5 Å². The van der Waals surface area contributed by atoms with Crippen molar-refractivity contribution in [2.45, 2.75) is 262 Å². The summed E-state index contributed by atoms with van der Waals surface area (Å²) < 4.78 is 16.0. The van der Waals surface area contributed by atoms with Gasteiger partial charge in [-0.3, -0.25) is 0 Å². The normalized spacial score (nSPS) is 27.0. The summed E-state index contributed by atoms with van der Waals surface area (Å²) >= 11 is 0. The van der Waals surface area contributed by atoms with Crippen LogP contribution in [0.25, 0.3) is 21.9 Å². The minimum atomic E-state index is -0.464. The molecule has 4 atom stereocenters. The molecule has 476 valence electrons. The Balaban J connectivity index is 1.03. The van der Waals surface area contributed by atoms with Gasteiger partial charge in [-0.2, -0.15) is 0 Å². The predicted octanol–water partition coefficient (Wildman–Crippen LogP) is 21.6.